The van der Waals surface area contributed by atoms with Crippen LogP contribution in [-0.2, 0) is 4.74 Å². The summed E-state index contributed by atoms with van der Waals surface area (Å²) >= 11 is 0. The van der Waals surface area contributed by atoms with E-state index >= 15 is 0 Å². The molecular formula is C15H25NO. The summed E-state index contributed by atoms with van der Waals surface area (Å²) in [4.78, 5) is 0. The fourth-order valence-corrected chi connectivity index (χ4v) is 1.92. The van der Waals surface area contributed by atoms with Crippen LogP contribution in [0.1, 0.15) is 43.2 Å². The monoisotopic (exact) mass is 235 g/mol. The van der Waals surface area contributed by atoms with Crippen molar-refractivity contribution in [1.82, 2.24) is 0 Å². The summed E-state index contributed by atoms with van der Waals surface area (Å²) in [5.41, 5.74) is 8.48. The standard InChI is InChI=1S/C15H25NO/c1-3-4-9-17-10-8-15(12-16)14-7-5-6-13(2)11-14/h5-7,11,15H,3-4,8-10,12,16H2,1-2H3. The minimum Gasteiger partial charge on any atom is -0.381 e. The Balaban J connectivity index is 2.38. The molecule has 0 spiro atoms. The zero-order chi connectivity index (χ0) is 12.5. The van der Waals surface area contributed by atoms with E-state index in [1.54, 1.807) is 0 Å². The molecule has 2 N–H and O–H groups in total. The average Bonchev–Trinajstić information content (AvgIpc) is 2.34. The lowest BCUT2D eigenvalue weighted by molar-refractivity contribution is 0.124. The van der Waals surface area contributed by atoms with Crippen molar-refractivity contribution in [2.75, 3.05) is 19.8 Å². The summed E-state index contributed by atoms with van der Waals surface area (Å²) in [6.07, 6.45) is 3.36. The van der Waals surface area contributed by atoms with E-state index < -0.39 is 0 Å². The molecule has 1 atom stereocenters. The smallest absolute Gasteiger partial charge is 0.0472 e. The van der Waals surface area contributed by atoms with E-state index in [1.807, 2.05) is 0 Å². The molecule has 0 aromatic heterocycles. The van der Waals surface area contributed by atoms with Crippen LogP contribution in [0.5, 0.6) is 0 Å². The summed E-state index contributed by atoms with van der Waals surface area (Å²) in [6.45, 7) is 6.69. The molecule has 0 saturated heterocycles. The zero-order valence-electron chi connectivity index (χ0n) is 11.1. The molecule has 0 aliphatic carbocycles. The van der Waals surface area contributed by atoms with Crippen molar-refractivity contribution >= 4 is 0 Å². The van der Waals surface area contributed by atoms with Crippen LogP contribution in [0.2, 0.25) is 0 Å². The third kappa shape index (κ3) is 5.33. The Hall–Kier alpha value is -0.860. The van der Waals surface area contributed by atoms with Crippen molar-refractivity contribution < 1.29 is 4.74 Å². The second-order valence-electron chi connectivity index (χ2n) is 4.60. The predicted octanol–water partition coefficient (Wildman–Crippen LogP) is 3.24. The Morgan fingerprint density at radius 3 is 2.76 bits per heavy atom. The number of benzene rings is 1. The molecule has 0 heterocycles. The Labute approximate surface area is 105 Å². The number of hydrogen-bond donors (Lipinski definition) is 1. The summed E-state index contributed by atoms with van der Waals surface area (Å²) in [7, 11) is 0. The maximum absolute atomic E-state index is 5.84. The van der Waals surface area contributed by atoms with Crippen LogP contribution in [-0.4, -0.2) is 19.8 Å². The van der Waals surface area contributed by atoms with E-state index in [1.165, 1.54) is 17.5 Å². The van der Waals surface area contributed by atoms with E-state index in [0.29, 0.717) is 12.5 Å². The second-order valence-corrected chi connectivity index (χ2v) is 4.60. The van der Waals surface area contributed by atoms with Crippen LogP contribution in [0.15, 0.2) is 24.3 Å². The van der Waals surface area contributed by atoms with Crippen molar-refractivity contribution in [2.24, 2.45) is 5.73 Å². The van der Waals surface area contributed by atoms with E-state index in [-0.39, 0.29) is 0 Å². The molecule has 0 aliphatic heterocycles. The molecule has 96 valence electrons. The lowest BCUT2D eigenvalue weighted by Crippen LogP contribution is -2.15. The van der Waals surface area contributed by atoms with Crippen molar-refractivity contribution in [1.29, 1.82) is 0 Å². The first-order valence-electron chi connectivity index (χ1n) is 6.62. The molecule has 1 unspecified atom stereocenters. The molecule has 2 nitrogen and oxygen atoms in total. The first-order valence-corrected chi connectivity index (χ1v) is 6.62. The van der Waals surface area contributed by atoms with Crippen LogP contribution >= 0.6 is 0 Å². The molecule has 1 aromatic rings. The van der Waals surface area contributed by atoms with Gasteiger partial charge >= 0.3 is 0 Å². The van der Waals surface area contributed by atoms with E-state index in [0.717, 1.165) is 26.1 Å². The minimum atomic E-state index is 0.427. The number of ether oxygens (including phenoxy) is 1. The van der Waals surface area contributed by atoms with E-state index in [9.17, 15) is 0 Å². The molecule has 17 heavy (non-hydrogen) atoms. The summed E-state index contributed by atoms with van der Waals surface area (Å²) in [5, 5.41) is 0. The minimum absolute atomic E-state index is 0.427. The van der Waals surface area contributed by atoms with E-state index in [4.69, 9.17) is 10.5 Å². The highest BCUT2D eigenvalue weighted by Gasteiger charge is 2.09. The third-order valence-electron chi connectivity index (χ3n) is 3.05. The molecule has 0 saturated carbocycles. The molecule has 0 aliphatic rings. The Morgan fingerprint density at radius 2 is 2.12 bits per heavy atom. The van der Waals surface area contributed by atoms with Gasteiger partial charge in [0.05, 0.1) is 0 Å². The van der Waals surface area contributed by atoms with Gasteiger partial charge in [0.1, 0.15) is 0 Å². The first-order chi connectivity index (χ1) is 8.27. The van der Waals surface area contributed by atoms with Crippen LogP contribution in [0.4, 0.5) is 0 Å². The maximum atomic E-state index is 5.84. The molecule has 0 bridgehead atoms. The van der Waals surface area contributed by atoms with Gasteiger partial charge < -0.3 is 10.5 Å². The molecule has 0 fully saturated rings. The van der Waals surface area contributed by atoms with Crippen LogP contribution in [0.3, 0.4) is 0 Å². The zero-order valence-corrected chi connectivity index (χ0v) is 11.1. The van der Waals surface area contributed by atoms with Crippen molar-refractivity contribution in [3.05, 3.63) is 35.4 Å². The largest absolute Gasteiger partial charge is 0.381 e. The second kappa shape index (κ2) is 8.26. The normalized spacial score (nSPS) is 12.6. The lowest BCUT2D eigenvalue weighted by atomic mass is 9.95. The summed E-state index contributed by atoms with van der Waals surface area (Å²) in [6, 6.07) is 8.61. The van der Waals surface area contributed by atoms with Gasteiger partial charge in [0.15, 0.2) is 0 Å². The maximum Gasteiger partial charge on any atom is 0.0472 e. The van der Waals surface area contributed by atoms with Gasteiger partial charge in [-0.3, -0.25) is 0 Å². The van der Waals surface area contributed by atoms with Crippen LogP contribution < -0.4 is 5.73 Å². The van der Waals surface area contributed by atoms with Gasteiger partial charge in [-0.15, -0.1) is 0 Å². The molecular weight excluding hydrogens is 210 g/mol. The van der Waals surface area contributed by atoms with Crippen molar-refractivity contribution in [3.63, 3.8) is 0 Å². The topological polar surface area (TPSA) is 35.2 Å². The Kier molecular flexibility index (Phi) is 6.90. The van der Waals surface area contributed by atoms with Gasteiger partial charge in [-0.2, -0.15) is 0 Å². The van der Waals surface area contributed by atoms with Gasteiger partial charge in [-0.1, -0.05) is 43.2 Å². The number of nitrogens with two attached hydrogens (primary N) is 1. The van der Waals surface area contributed by atoms with Gasteiger partial charge in [-0.05, 0) is 37.8 Å². The lowest BCUT2D eigenvalue weighted by Gasteiger charge is -2.15. The van der Waals surface area contributed by atoms with Gasteiger partial charge in [0, 0.05) is 13.2 Å². The number of aryl methyl sites for hydroxylation is 1. The highest BCUT2D eigenvalue weighted by molar-refractivity contribution is 5.25. The van der Waals surface area contributed by atoms with Crippen LogP contribution in [0.25, 0.3) is 0 Å². The predicted molar refractivity (Wildman–Crippen MR) is 73.3 cm³/mol. The fraction of sp³-hybridized carbons (Fsp3) is 0.600. The molecule has 2 heteroatoms. The Morgan fingerprint density at radius 1 is 1.29 bits per heavy atom. The van der Waals surface area contributed by atoms with Crippen molar-refractivity contribution in [3.8, 4) is 0 Å². The molecule has 0 amide bonds. The number of rotatable bonds is 8. The Bertz CT molecular complexity index is 312. The summed E-state index contributed by atoms with van der Waals surface area (Å²) < 4.78 is 5.60. The SMILES string of the molecule is CCCCOCCC(CN)c1cccc(C)c1. The summed E-state index contributed by atoms with van der Waals surface area (Å²) in [5.74, 6) is 0.427. The average molecular weight is 235 g/mol. The fourth-order valence-electron chi connectivity index (χ4n) is 1.92. The highest BCUT2D eigenvalue weighted by atomic mass is 16.5. The van der Waals surface area contributed by atoms with Crippen molar-refractivity contribution in [2.45, 2.75) is 39.0 Å². The highest BCUT2D eigenvalue weighted by Crippen LogP contribution is 2.19. The van der Waals surface area contributed by atoms with Gasteiger partial charge in [0.25, 0.3) is 0 Å². The van der Waals surface area contributed by atoms with Gasteiger partial charge in [-0.25, -0.2) is 0 Å². The van der Waals surface area contributed by atoms with Gasteiger partial charge in [0.2, 0.25) is 0 Å². The first kappa shape index (κ1) is 14.2. The van der Waals surface area contributed by atoms with E-state index in [2.05, 4.69) is 38.1 Å². The number of hydrogen-bond acceptors (Lipinski definition) is 2. The number of unbranched alkanes of at least 4 members (excludes halogenated alkanes) is 1. The van der Waals surface area contributed by atoms with Crippen LogP contribution in [0, 0.1) is 6.92 Å². The molecule has 1 rings (SSSR count). The molecule has 0 radical (unpaired) electrons. The quantitative estimate of drug-likeness (QED) is 0.702. The third-order valence-corrected chi connectivity index (χ3v) is 3.05. The molecule has 1 aromatic carbocycles.